The lowest BCUT2D eigenvalue weighted by Gasteiger charge is -2.36. The average Bonchev–Trinajstić information content (AvgIpc) is 2.99. The molecule has 2 fully saturated rings. The molecule has 5 nitrogen and oxygen atoms in total. The van der Waals surface area contributed by atoms with E-state index >= 15 is 0 Å². The molecule has 2 aliphatic rings. The predicted molar refractivity (Wildman–Crippen MR) is 61.2 cm³/mol. The Balaban J connectivity index is 1.68. The van der Waals surface area contributed by atoms with Gasteiger partial charge in [-0.05, 0) is 38.0 Å². The van der Waals surface area contributed by atoms with Crippen LogP contribution >= 0.6 is 0 Å². The number of nitrogens with zero attached hydrogens (tertiary/aromatic N) is 2. The highest BCUT2D eigenvalue weighted by Gasteiger charge is 2.37. The van der Waals surface area contributed by atoms with Crippen LogP contribution in [0.5, 0.6) is 0 Å². The molecule has 1 aromatic rings. The van der Waals surface area contributed by atoms with Gasteiger partial charge in [0.1, 0.15) is 6.10 Å². The number of ether oxygens (including phenoxy) is 1. The van der Waals surface area contributed by atoms with Gasteiger partial charge in [-0.15, -0.1) is 0 Å². The van der Waals surface area contributed by atoms with Gasteiger partial charge >= 0.3 is 0 Å². The van der Waals surface area contributed by atoms with Gasteiger partial charge in [-0.2, -0.15) is 4.98 Å². The fourth-order valence-electron chi connectivity index (χ4n) is 2.47. The summed E-state index contributed by atoms with van der Waals surface area (Å²) in [6, 6.07) is 0. The maximum Gasteiger partial charge on any atom is 0.228 e. The Morgan fingerprint density at radius 2 is 2.29 bits per heavy atom. The van der Waals surface area contributed by atoms with Crippen molar-refractivity contribution < 1.29 is 9.26 Å². The molecule has 1 unspecified atom stereocenters. The zero-order valence-corrected chi connectivity index (χ0v) is 10.2. The first-order valence-corrected chi connectivity index (χ1v) is 6.34. The van der Waals surface area contributed by atoms with E-state index in [2.05, 4.69) is 10.1 Å². The summed E-state index contributed by atoms with van der Waals surface area (Å²) in [5.74, 6) is 1.92. The summed E-state index contributed by atoms with van der Waals surface area (Å²) in [7, 11) is 1.70. The Hall–Kier alpha value is -0.940. The lowest BCUT2D eigenvalue weighted by atomic mass is 9.75. The molecule has 1 atom stereocenters. The maximum absolute atomic E-state index is 6.17. The Labute approximate surface area is 101 Å². The molecule has 0 amide bonds. The minimum Gasteiger partial charge on any atom is -0.373 e. The fraction of sp³-hybridized carbons (Fsp3) is 0.833. The second kappa shape index (κ2) is 4.07. The Bertz CT molecular complexity index is 396. The van der Waals surface area contributed by atoms with Crippen LogP contribution < -0.4 is 5.73 Å². The third kappa shape index (κ3) is 2.21. The normalized spacial score (nSPS) is 24.4. The zero-order chi connectivity index (χ0) is 11.9. The number of rotatable bonds is 5. The van der Waals surface area contributed by atoms with Crippen molar-refractivity contribution in [3.63, 3.8) is 0 Å². The first-order valence-electron chi connectivity index (χ1n) is 6.34. The van der Waals surface area contributed by atoms with Gasteiger partial charge in [-0.25, -0.2) is 0 Å². The van der Waals surface area contributed by atoms with E-state index in [1.807, 2.05) is 0 Å². The molecule has 1 aromatic heterocycles. The molecule has 94 valence electrons. The second-order valence-electron chi connectivity index (χ2n) is 5.43. The molecular formula is C12H19N3O2. The number of methoxy groups -OCH3 is 1. The van der Waals surface area contributed by atoms with E-state index in [9.17, 15) is 0 Å². The van der Waals surface area contributed by atoms with Crippen LogP contribution in [-0.4, -0.2) is 22.8 Å². The highest BCUT2D eigenvalue weighted by molar-refractivity contribution is 5.03. The van der Waals surface area contributed by atoms with E-state index < -0.39 is 0 Å². The molecule has 3 rings (SSSR count). The minimum absolute atomic E-state index is 0.00242. The summed E-state index contributed by atoms with van der Waals surface area (Å²) in [6.45, 7) is 0. The Morgan fingerprint density at radius 3 is 2.82 bits per heavy atom. The molecule has 2 aliphatic carbocycles. The van der Waals surface area contributed by atoms with Crippen LogP contribution in [0.1, 0.15) is 49.9 Å². The van der Waals surface area contributed by atoms with Crippen LogP contribution in [0.2, 0.25) is 0 Å². The van der Waals surface area contributed by atoms with Gasteiger partial charge in [0.2, 0.25) is 11.7 Å². The van der Waals surface area contributed by atoms with Crippen molar-refractivity contribution in [3.8, 4) is 0 Å². The molecule has 0 aromatic carbocycles. The molecule has 2 N–H and O–H groups in total. The largest absolute Gasteiger partial charge is 0.373 e. The molecule has 5 heteroatoms. The number of nitrogens with two attached hydrogens (primary N) is 1. The number of hydrogen-bond donors (Lipinski definition) is 1. The molecule has 0 aliphatic heterocycles. The van der Waals surface area contributed by atoms with E-state index in [0.717, 1.165) is 12.8 Å². The van der Waals surface area contributed by atoms with E-state index in [4.69, 9.17) is 15.0 Å². The molecule has 0 saturated heterocycles. The van der Waals surface area contributed by atoms with E-state index in [-0.39, 0.29) is 11.6 Å². The van der Waals surface area contributed by atoms with Crippen LogP contribution in [0, 0.1) is 5.92 Å². The summed E-state index contributed by atoms with van der Waals surface area (Å²) in [6.07, 6.45) is 6.41. The predicted octanol–water partition coefficient (Wildman–Crippen LogP) is 1.59. The molecule has 2 saturated carbocycles. The average molecular weight is 237 g/mol. The molecule has 17 heavy (non-hydrogen) atoms. The van der Waals surface area contributed by atoms with Crippen molar-refractivity contribution in [2.24, 2.45) is 11.7 Å². The molecule has 0 radical (unpaired) electrons. The Morgan fingerprint density at radius 1 is 1.53 bits per heavy atom. The molecule has 0 spiro atoms. The maximum atomic E-state index is 6.17. The van der Waals surface area contributed by atoms with Crippen molar-refractivity contribution in [1.29, 1.82) is 0 Å². The number of aromatic nitrogens is 2. The quantitative estimate of drug-likeness (QED) is 0.841. The second-order valence-corrected chi connectivity index (χ2v) is 5.43. The lowest BCUT2D eigenvalue weighted by molar-refractivity contribution is 0.0751. The summed E-state index contributed by atoms with van der Waals surface area (Å²) in [5.41, 5.74) is 6.06. The van der Waals surface area contributed by atoms with Crippen LogP contribution in [0.3, 0.4) is 0 Å². The van der Waals surface area contributed by atoms with Crippen LogP contribution in [0.15, 0.2) is 4.52 Å². The summed E-state index contributed by atoms with van der Waals surface area (Å²) >= 11 is 0. The van der Waals surface area contributed by atoms with Gasteiger partial charge in [0, 0.05) is 19.1 Å². The van der Waals surface area contributed by atoms with Gasteiger partial charge in [0.25, 0.3) is 0 Å². The van der Waals surface area contributed by atoms with Gasteiger partial charge in [-0.3, -0.25) is 0 Å². The van der Waals surface area contributed by atoms with E-state index in [0.29, 0.717) is 24.1 Å². The van der Waals surface area contributed by atoms with Crippen LogP contribution in [0.25, 0.3) is 0 Å². The summed E-state index contributed by atoms with van der Waals surface area (Å²) < 4.78 is 10.7. The van der Waals surface area contributed by atoms with E-state index in [1.165, 1.54) is 19.3 Å². The van der Waals surface area contributed by atoms with Gasteiger partial charge in [0.05, 0.1) is 0 Å². The highest BCUT2D eigenvalue weighted by Crippen LogP contribution is 2.42. The van der Waals surface area contributed by atoms with Gasteiger partial charge in [-0.1, -0.05) is 5.16 Å². The monoisotopic (exact) mass is 237 g/mol. The summed E-state index contributed by atoms with van der Waals surface area (Å²) in [5, 5.41) is 4.02. The van der Waals surface area contributed by atoms with E-state index in [1.54, 1.807) is 7.11 Å². The van der Waals surface area contributed by atoms with Crippen LogP contribution in [0.4, 0.5) is 0 Å². The highest BCUT2D eigenvalue weighted by atomic mass is 16.5. The van der Waals surface area contributed by atoms with Crippen molar-refractivity contribution >= 4 is 0 Å². The molecule has 1 heterocycles. The lowest BCUT2D eigenvalue weighted by Crippen LogP contribution is -2.48. The van der Waals surface area contributed by atoms with Crippen molar-refractivity contribution in [1.82, 2.24) is 10.1 Å². The van der Waals surface area contributed by atoms with Gasteiger partial charge < -0.3 is 15.0 Å². The first-order chi connectivity index (χ1) is 8.20. The smallest absolute Gasteiger partial charge is 0.228 e. The summed E-state index contributed by atoms with van der Waals surface area (Å²) in [4.78, 5) is 4.43. The van der Waals surface area contributed by atoms with Crippen molar-refractivity contribution in [2.45, 2.75) is 50.2 Å². The standard InChI is InChI=1S/C12H19N3O2/c1-16-10(8-3-4-8)11-14-9(17-15-11)7-12(13)5-2-6-12/h8,10H,2-7,13H2,1H3. The minimum atomic E-state index is -0.105. The van der Waals surface area contributed by atoms with Crippen molar-refractivity contribution in [2.75, 3.05) is 7.11 Å². The third-order valence-corrected chi connectivity index (χ3v) is 3.89. The topological polar surface area (TPSA) is 74.2 Å². The third-order valence-electron chi connectivity index (χ3n) is 3.89. The number of hydrogen-bond acceptors (Lipinski definition) is 5. The molecular weight excluding hydrogens is 218 g/mol. The van der Waals surface area contributed by atoms with Crippen LogP contribution in [-0.2, 0) is 11.2 Å². The van der Waals surface area contributed by atoms with Crippen molar-refractivity contribution in [3.05, 3.63) is 11.7 Å². The Kier molecular flexibility index (Phi) is 2.67. The SMILES string of the molecule is COC(c1noc(CC2(N)CCC2)n1)C1CC1. The first kappa shape index (κ1) is 11.2. The zero-order valence-electron chi connectivity index (χ0n) is 10.2. The molecule has 0 bridgehead atoms. The van der Waals surface area contributed by atoms with Gasteiger partial charge in [0.15, 0.2) is 0 Å². The fourth-order valence-corrected chi connectivity index (χ4v) is 2.47.